The molecule has 0 amide bonds. The van der Waals surface area contributed by atoms with E-state index in [1.54, 1.807) is 12.3 Å². The van der Waals surface area contributed by atoms with Gasteiger partial charge in [0.15, 0.2) is 0 Å². The smallest absolute Gasteiger partial charge is 0.123 e. The van der Waals surface area contributed by atoms with E-state index in [9.17, 15) is 4.39 Å². The summed E-state index contributed by atoms with van der Waals surface area (Å²) in [4.78, 5) is 4.30. The van der Waals surface area contributed by atoms with Crippen LogP contribution in [0, 0.1) is 5.82 Å². The number of aryl methyl sites for hydroxylation is 1. The van der Waals surface area contributed by atoms with E-state index in [0.717, 1.165) is 29.9 Å². The van der Waals surface area contributed by atoms with Gasteiger partial charge in [0.1, 0.15) is 11.6 Å². The molecule has 2 aromatic rings. The standard InChI is InChI=1S/C14H18FN3/c1-3-16-10-12-8-13(15)5-4-11(12)9-14-17-6-7-18(14)2/h4-8,16H,3,9-10H2,1-2H3. The normalized spacial score (nSPS) is 10.8. The first-order valence-corrected chi connectivity index (χ1v) is 6.15. The van der Waals surface area contributed by atoms with Crippen molar-refractivity contribution in [3.8, 4) is 0 Å². The van der Waals surface area contributed by atoms with Crippen LogP contribution in [-0.4, -0.2) is 16.1 Å². The van der Waals surface area contributed by atoms with E-state index in [-0.39, 0.29) is 5.82 Å². The molecule has 1 aromatic carbocycles. The van der Waals surface area contributed by atoms with Gasteiger partial charge in [0.05, 0.1) is 0 Å². The van der Waals surface area contributed by atoms with Gasteiger partial charge in [-0.2, -0.15) is 0 Å². The van der Waals surface area contributed by atoms with Crippen molar-refractivity contribution in [3.63, 3.8) is 0 Å². The highest BCUT2D eigenvalue weighted by Crippen LogP contribution is 2.15. The van der Waals surface area contributed by atoms with Gasteiger partial charge in [-0.1, -0.05) is 13.0 Å². The minimum absolute atomic E-state index is 0.188. The van der Waals surface area contributed by atoms with E-state index in [4.69, 9.17) is 0 Å². The van der Waals surface area contributed by atoms with Crippen molar-refractivity contribution in [1.29, 1.82) is 0 Å². The SMILES string of the molecule is CCNCc1cc(F)ccc1Cc1nccn1C. The Morgan fingerprint density at radius 1 is 1.33 bits per heavy atom. The number of benzene rings is 1. The van der Waals surface area contributed by atoms with E-state index < -0.39 is 0 Å². The maximum absolute atomic E-state index is 13.3. The molecule has 1 aromatic heterocycles. The van der Waals surface area contributed by atoms with Crippen molar-refractivity contribution in [2.24, 2.45) is 7.05 Å². The lowest BCUT2D eigenvalue weighted by Gasteiger charge is -2.10. The quantitative estimate of drug-likeness (QED) is 0.878. The zero-order chi connectivity index (χ0) is 13.0. The maximum atomic E-state index is 13.3. The van der Waals surface area contributed by atoms with Crippen LogP contribution in [0.15, 0.2) is 30.6 Å². The average Bonchev–Trinajstić information content (AvgIpc) is 2.75. The molecule has 0 aliphatic carbocycles. The third kappa shape index (κ3) is 2.96. The minimum atomic E-state index is -0.188. The van der Waals surface area contributed by atoms with Crippen LogP contribution in [0.2, 0.25) is 0 Å². The summed E-state index contributed by atoms with van der Waals surface area (Å²) in [6.07, 6.45) is 4.43. The van der Waals surface area contributed by atoms with E-state index in [2.05, 4.69) is 10.3 Å². The third-order valence-electron chi connectivity index (χ3n) is 3.00. The largest absolute Gasteiger partial charge is 0.338 e. The Morgan fingerprint density at radius 2 is 2.17 bits per heavy atom. The lowest BCUT2D eigenvalue weighted by Crippen LogP contribution is -2.14. The van der Waals surface area contributed by atoms with Crippen LogP contribution in [0.1, 0.15) is 23.9 Å². The molecule has 0 radical (unpaired) electrons. The fourth-order valence-electron chi connectivity index (χ4n) is 1.93. The molecule has 0 fully saturated rings. The average molecular weight is 247 g/mol. The summed E-state index contributed by atoms with van der Waals surface area (Å²) in [7, 11) is 1.97. The molecule has 4 heteroatoms. The van der Waals surface area contributed by atoms with Gasteiger partial charge in [0.25, 0.3) is 0 Å². The molecule has 0 aliphatic rings. The zero-order valence-corrected chi connectivity index (χ0v) is 10.8. The van der Waals surface area contributed by atoms with Gasteiger partial charge < -0.3 is 9.88 Å². The lowest BCUT2D eigenvalue weighted by molar-refractivity contribution is 0.620. The molecule has 0 spiro atoms. The molecule has 18 heavy (non-hydrogen) atoms. The van der Waals surface area contributed by atoms with Crippen LogP contribution in [-0.2, 0) is 20.0 Å². The van der Waals surface area contributed by atoms with Gasteiger partial charge in [0.2, 0.25) is 0 Å². The van der Waals surface area contributed by atoms with Crippen LogP contribution in [0.25, 0.3) is 0 Å². The van der Waals surface area contributed by atoms with Gasteiger partial charge in [-0.3, -0.25) is 0 Å². The predicted octanol–water partition coefficient (Wildman–Crippen LogP) is 2.26. The molecule has 1 N–H and O–H groups in total. The van der Waals surface area contributed by atoms with E-state index in [1.807, 2.05) is 30.8 Å². The van der Waals surface area contributed by atoms with Gasteiger partial charge >= 0.3 is 0 Å². The second-order valence-electron chi connectivity index (χ2n) is 4.32. The van der Waals surface area contributed by atoms with Crippen molar-refractivity contribution in [2.75, 3.05) is 6.54 Å². The van der Waals surface area contributed by atoms with Crippen molar-refractivity contribution in [2.45, 2.75) is 19.9 Å². The number of nitrogens with zero attached hydrogens (tertiary/aromatic N) is 2. The molecule has 0 aliphatic heterocycles. The Bertz CT molecular complexity index is 520. The topological polar surface area (TPSA) is 29.9 Å². The summed E-state index contributed by atoms with van der Waals surface area (Å²) >= 11 is 0. The fourth-order valence-corrected chi connectivity index (χ4v) is 1.93. The number of hydrogen-bond acceptors (Lipinski definition) is 2. The predicted molar refractivity (Wildman–Crippen MR) is 69.8 cm³/mol. The fraction of sp³-hybridized carbons (Fsp3) is 0.357. The minimum Gasteiger partial charge on any atom is -0.338 e. The number of aromatic nitrogens is 2. The van der Waals surface area contributed by atoms with Crippen LogP contribution in [0.3, 0.4) is 0 Å². The second-order valence-corrected chi connectivity index (χ2v) is 4.32. The van der Waals surface area contributed by atoms with Crippen LogP contribution in [0.5, 0.6) is 0 Å². The summed E-state index contributed by atoms with van der Waals surface area (Å²) in [5, 5.41) is 3.23. The van der Waals surface area contributed by atoms with Gasteiger partial charge in [0, 0.05) is 32.4 Å². The van der Waals surface area contributed by atoms with Gasteiger partial charge in [-0.15, -0.1) is 0 Å². The first kappa shape index (κ1) is 12.8. The molecule has 0 saturated carbocycles. The van der Waals surface area contributed by atoms with E-state index in [1.165, 1.54) is 6.07 Å². The first-order chi connectivity index (χ1) is 8.70. The summed E-state index contributed by atoms with van der Waals surface area (Å²) in [5.74, 6) is 0.797. The number of rotatable bonds is 5. The van der Waals surface area contributed by atoms with Crippen LogP contribution >= 0.6 is 0 Å². The van der Waals surface area contributed by atoms with Crippen LogP contribution in [0.4, 0.5) is 4.39 Å². The summed E-state index contributed by atoms with van der Waals surface area (Å²) < 4.78 is 15.3. The molecule has 0 unspecified atom stereocenters. The van der Waals surface area contributed by atoms with Gasteiger partial charge in [-0.25, -0.2) is 9.37 Å². The lowest BCUT2D eigenvalue weighted by atomic mass is 10.0. The molecule has 96 valence electrons. The number of imidazole rings is 1. The Kier molecular flexibility index (Phi) is 4.10. The Morgan fingerprint density at radius 3 is 2.83 bits per heavy atom. The summed E-state index contributed by atoms with van der Waals surface area (Å²) in [5.41, 5.74) is 2.12. The van der Waals surface area contributed by atoms with Gasteiger partial charge in [-0.05, 0) is 29.8 Å². The molecular weight excluding hydrogens is 229 g/mol. The number of nitrogens with one attached hydrogen (secondary N) is 1. The highest BCUT2D eigenvalue weighted by atomic mass is 19.1. The summed E-state index contributed by atoms with van der Waals surface area (Å²) in [6.45, 7) is 3.60. The molecule has 1 heterocycles. The summed E-state index contributed by atoms with van der Waals surface area (Å²) in [6, 6.07) is 4.95. The zero-order valence-electron chi connectivity index (χ0n) is 10.8. The van der Waals surface area contributed by atoms with Crippen LogP contribution < -0.4 is 5.32 Å². The molecule has 2 rings (SSSR count). The van der Waals surface area contributed by atoms with E-state index in [0.29, 0.717) is 6.54 Å². The Balaban J connectivity index is 2.23. The van der Waals surface area contributed by atoms with Crippen molar-refractivity contribution in [1.82, 2.24) is 14.9 Å². The second kappa shape index (κ2) is 5.78. The maximum Gasteiger partial charge on any atom is 0.123 e. The highest BCUT2D eigenvalue weighted by molar-refractivity contribution is 5.30. The van der Waals surface area contributed by atoms with Crippen molar-refractivity contribution in [3.05, 3.63) is 53.4 Å². The van der Waals surface area contributed by atoms with Crippen molar-refractivity contribution < 1.29 is 4.39 Å². The van der Waals surface area contributed by atoms with E-state index >= 15 is 0 Å². The number of halogens is 1. The first-order valence-electron chi connectivity index (χ1n) is 6.15. The number of hydrogen-bond donors (Lipinski definition) is 1. The Hall–Kier alpha value is -1.68. The Labute approximate surface area is 107 Å². The molecule has 0 bridgehead atoms. The molecule has 0 atom stereocenters. The highest BCUT2D eigenvalue weighted by Gasteiger charge is 2.07. The molecule has 0 saturated heterocycles. The van der Waals surface area contributed by atoms with Crippen molar-refractivity contribution >= 4 is 0 Å². The molecular formula is C14H18FN3. The third-order valence-corrected chi connectivity index (χ3v) is 3.00. The molecule has 3 nitrogen and oxygen atoms in total. The monoisotopic (exact) mass is 247 g/mol.